The summed E-state index contributed by atoms with van der Waals surface area (Å²) in [4.78, 5) is 24.3. The molecule has 0 saturated carbocycles. The van der Waals surface area contributed by atoms with Crippen LogP contribution in [0.2, 0.25) is 0 Å². The van der Waals surface area contributed by atoms with Crippen LogP contribution in [0.3, 0.4) is 0 Å². The molecule has 0 radical (unpaired) electrons. The van der Waals surface area contributed by atoms with Crippen molar-refractivity contribution in [1.29, 1.82) is 0 Å². The number of halogens is 1. The lowest BCUT2D eigenvalue weighted by atomic mass is 9.76. The molecule has 2 unspecified atom stereocenters. The molecule has 36 heavy (non-hydrogen) atoms. The van der Waals surface area contributed by atoms with E-state index in [0.29, 0.717) is 11.5 Å². The van der Waals surface area contributed by atoms with Crippen molar-refractivity contribution in [2.75, 3.05) is 19.4 Å². The topological polar surface area (TPSA) is 58.1 Å². The van der Waals surface area contributed by atoms with Crippen molar-refractivity contribution in [1.82, 2.24) is 14.9 Å². The minimum atomic E-state index is -0.498. The van der Waals surface area contributed by atoms with Crippen molar-refractivity contribution < 1.29 is 9.18 Å². The maximum absolute atomic E-state index is 14.4. The number of benzene rings is 1. The van der Waals surface area contributed by atoms with Gasteiger partial charge in [0.2, 0.25) is 0 Å². The van der Waals surface area contributed by atoms with Gasteiger partial charge in [-0.05, 0) is 85.6 Å². The molecule has 1 aliphatic carbocycles. The molecule has 0 saturated heterocycles. The van der Waals surface area contributed by atoms with Gasteiger partial charge in [-0.15, -0.1) is 0 Å². The number of fused-ring (bicyclic) bond motifs is 1. The molecular formula is C30H35FN4O. The van der Waals surface area contributed by atoms with Crippen LogP contribution in [0.25, 0.3) is 16.7 Å². The molecule has 5 nitrogen and oxygen atoms in total. The normalized spacial score (nSPS) is 18.0. The summed E-state index contributed by atoms with van der Waals surface area (Å²) in [5.41, 5.74) is 7.04. The van der Waals surface area contributed by atoms with Crippen LogP contribution in [-0.4, -0.2) is 34.9 Å². The first kappa shape index (κ1) is 25.7. The fourth-order valence-corrected chi connectivity index (χ4v) is 5.01. The summed E-state index contributed by atoms with van der Waals surface area (Å²) < 4.78 is 14.4. The van der Waals surface area contributed by atoms with Crippen molar-refractivity contribution in [3.63, 3.8) is 0 Å². The van der Waals surface area contributed by atoms with E-state index in [-0.39, 0.29) is 17.5 Å². The fraction of sp³-hybridized carbons (Fsp3) is 0.367. The third-order valence-corrected chi connectivity index (χ3v) is 7.22. The maximum atomic E-state index is 14.4. The first-order valence-corrected chi connectivity index (χ1v) is 12.6. The molecular weight excluding hydrogens is 451 g/mol. The number of hydrogen-bond acceptors (Lipinski definition) is 4. The molecule has 2 atom stereocenters. The van der Waals surface area contributed by atoms with Gasteiger partial charge >= 0.3 is 0 Å². The molecule has 2 heterocycles. The van der Waals surface area contributed by atoms with E-state index in [2.05, 4.69) is 65.2 Å². The van der Waals surface area contributed by atoms with Crippen LogP contribution >= 0.6 is 0 Å². The second-order valence-corrected chi connectivity index (χ2v) is 10.1. The monoisotopic (exact) mass is 486 g/mol. The zero-order valence-electron chi connectivity index (χ0n) is 21.8. The number of carbonyl (C=O) groups excluding carboxylic acids is 1. The average molecular weight is 487 g/mol. The van der Waals surface area contributed by atoms with Crippen molar-refractivity contribution in [3.05, 3.63) is 83.2 Å². The summed E-state index contributed by atoms with van der Waals surface area (Å²) in [7, 11) is 4.07. The number of aromatic nitrogens is 2. The lowest BCUT2D eigenvalue weighted by molar-refractivity contribution is -0.111. The number of amides is 1. The van der Waals surface area contributed by atoms with Crippen molar-refractivity contribution in [2.24, 2.45) is 5.92 Å². The number of rotatable bonds is 6. The lowest BCUT2D eigenvalue weighted by Crippen LogP contribution is -2.21. The fourth-order valence-electron chi connectivity index (χ4n) is 5.01. The second-order valence-electron chi connectivity index (χ2n) is 10.1. The molecule has 4 rings (SSSR count). The number of nitrogens with zero attached hydrogens (tertiary/aromatic N) is 3. The molecule has 6 heteroatoms. The van der Waals surface area contributed by atoms with Crippen molar-refractivity contribution >= 4 is 17.2 Å². The van der Waals surface area contributed by atoms with Gasteiger partial charge in [0.05, 0.1) is 11.9 Å². The summed E-state index contributed by atoms with van der Waals surface area (Å²) >= 11 is 0. The molecule has 0 bridgehead atoms. The first-order chi connectivity index (χ1) is 17.3. The van der Waals surface area contributed by atoms with E-state index >= 15 is 0 Å². The highest BCUT2D eigenvalue weighted by atomic mass is 19.1. The molecule has 0 spiro atoms. The molecule has 2 aromatic heterocycles. The zero-order chi connectivity index (χ0) is 25.8. The first-order valence-electron chi connectivity index (χ1n) is 12.6. The molecule has 1 aromatic carbocycles. The highest BCUT2D eigenvalue weighted by Crippen LogP contribution is 2.41. The summed E-state index contributed by atoms with van der Waals surface area (Å²) in [6.07, 6.45) is 9.07. The Balaban J connectivity index is 1.85. The Morgan fingerprint density at radius 3 is 2.61 bits per heavy atom. The largest absolute Gasteiger partial charge is 0.318 e. The Hall–Kier alpha value is -3.38. The molecule has 0 fully saturated rings. The summed E-state index contributed by atoms with van der Waals surface area (Å²) in [6, 6.07) is 9.80. The molecule has 188 valence electrons. The Kier molecular flexibility index (Phi) is 7.94. The van der Waals surface area contributed by atoms with Crippen LogP contribution in [0.4, 0.5) is 10.1 Å². The van der Waals surface area contributed by atoms with E-state index in [4.69, 9.17) is 0 Å². The van der Waals surface area contributed by atoms with Gasteiger partial charge in [-0.1, -0.05) is 38.5 Å². The van der Waals surface area contributed by atoms with Gasteiger partial charge in [0.1, 0.15) is 5.82 Å². The number of pyridine rings is 2. The summed E-state index contributed by atoms with van der Waals surface area (Å²) in [5.74, 6) is -0.0359. The lowest BCUT2D eigenvalue weighted by Gasteiger charge is -2.29. The predicted molar refractivity (Wildman–Crippen MR) is 144 cm³/mol. The van der Waals surface area contributed by atoms with Gasteiger partial charge < -0.3 is 10.2 Å². The Bertz CT molecular complexity index is 1280. The van der Waals surface area contributed by atoms with Gasteiger partial charge in [0, 0.05) is 36.3 Å². The van der Waals surface area contributed by atoms with E-state index in [1.165, 1.54) is 18.5 Å². The Morgan fingerprint density at radius 1 is 1.08 bits per heavy atom. The highest BCUT2D eigenvalue weighted by molar-refractivity contribution is 6.26. The van der Waals surface area contributed by atoms with Gasteiger partial charge in [-0.2, -0.15) is 0 Å². The van der Waals surface area contributed by atoms with E-state index in [9.17, 15) is 9.18 Å². The minimum Gasteiger partial charge on any atom is -0.318 e. The van der Waals surface area contributed by atoms with Gasteiger partial charge in [0.15, 0.2) is 0 Å². The summed E-state index contributed by atoms with van der Waals surface area (Å²) in [5, 5.41) is 2.80. The van der Waals surface area contributed by atoms with Crippen molar-refractivity contribution in [2.45, 2.75) is 52.5 Å². The van der Waals surface area contributed by atoms with Gasteiger partial charge in [0.25, 0.3) is 5.91 Å². The SMILES string of the molecule is CCC1=C(C(=O)Nc2cnccc2F)c2cc(-c3cncc(CN(C)C)c3)ccc2C(C)C(C)CC1. The van der Waals surface area contributed by atoms with Crippen LogP contribution < -0.4 is 5.32 Å². The standard InChI is InChI=1S/C30H35FN4O/c1-6-22-8-7-19(2)20(3)25-10-9-23(24-13-21(15-33-16-24)18-35(4)5)14-26(25)29(22)30(36)34-28-17-32-12-11-27(28)31/h9-17,19-20H,6-8,18H2,1-5H3,(H,34,36). The highest BCUT2D eigenvalue weighted by Gasteiger charge is 2.28. The zero-order valence-corrected chi connectivity index (χ0v) is 21.8. The molecule has 1 amide bonds. The second kappa shape index (κ2) is 11.1. The van der Waals surface area contributed by atoms with E-state index in [0.717, 1.165) is 59.2 Å². The van der Waals surface area contributed by atoms with Crippen LogP contribution in [0, 0.1) is 11.7 Å². The third-order valence-electron chi connectivity index (χ3n) is 7.22. The predicted octanol–water partition coefficient (Wildman–Crippen LogP) is 6.68. The Labute approximate surface area is 213 Å². The van der Waals surface area contributed by atoms with Crippen LogP contribution in [0.5, 0.6) is 0 Å². The molecule has 1 aliphatic rings. The van der Waals surface area contributed by atoms with E-state index in [1.807, 2.05) is 26.5 Å². The smallest absolute Gasteiger partial charge is 0.256 e. The molecule has 1 N–H and O–H groups in total. The van der Waals surface area contributed by atoms with Crippen molar-refractivity contribution in [3.8, 4) is 11.1 Å². The van der Waals surface area contributed by atoms with E-state index in [1.54, 1.807) is 0 Å². The number of anilines is 1. The molecule has 3 aromatic rings. The third kappa shape index (κ3) is 5.54. The number of nitrogens with one attached hydrogen (secondary N) is 1. The van der Waals surface area contributed by atoms with Gasteiger partial charge in [-0.25, -0.2) is 4.39 Å². The van der Waals surface area contributed by atoms with E-state index < -0.39 is 5.82 Å². The molecule has 0 aliphatic heterocycles. The van der Waals surface area contributed by atoms with Crippen LogP contribution in [0.1, 0.15) is 62.6 Å². The number of hydrogen-bond donors (Lipinski definition) is 1. The number of carbonyl (C=O) groups is 1. The maximum Gasteiger partial charge on any atom is 0.256 e. The average Bonchev–Trinajstić information content (AvgIpc) is 2.86. The minimum absolute atomic E-state index is 0.0900. The van der Waals surface area contributed by atoms with Crippen LogP contribution in [-0.2, 0) is 11.3 Å². The van der Waals surface area contributed by atoms with Gasteiger partial charge in [-0.3, -0.25) is 14.8 Å². The van der Waals surface area contributed by atoms with Crippen LogP contribution in [0.15, 0.2) is 60.7 Å². The summed E-state index contributed by atoms with van der Waals surface area (Å²) in [6.45, 7) is 7.39. The number of allylic oxidation sites excluding steroid dienone is 1. The quantitative estimate of drug-likeness (QED) is 0.422. The Morgan fingerprint density at radius 2 is 1.89 bits per heavy atom.